The number of rotatable bonds is 2. The molecule has 1 heterocycles. The lowest BCUT2D eigenvalue weighted by molar-refractivity contribution is 0.146. The smallest absolute Gasteiger partial charge is 0.0621 e. The third-order valence-electron chi connectivity index (χ3n) is 2.21. The van der Waals surface area contributed by atoms with Crippen molar-refractivity contribution in [2.45, 2.75) is 31.8 Å². The molecule has 10 heavy (non-hydrogen) atoms. The van der Waals surface area contributed by atoms with E-state index in [1.54, 1.807) is 7.11 Å². The SMILES string of the molecule is COCC1CCC(C)N1P. The first kappa shape index (κ1) is 8.45. The van der Waals surface area contributed by atoms with Crippen molar-refractivity contribution in [3.05, 3.63) is 0 Å². The third kappa shape index (κ3) is 1.69. The van der Waals surface area contributed by atoms with Gasteiger partial charge in [-0.2, -0.15) is 0 Å². The molecule has 0 bridgehead atoms. The molecule has 0 aromatic heterocycles. The summed E-state index contributed by atoms with van der Waals surface area (Å²) in [7, 11) is 4.54. The van der Waals surface area contributed by atoms with E-state index in [4.69, 9.17) is 4.74 Å². The molecular weight excluding hydrogens is 145 g/mol. The largest absolute Gasteiger partial charge is 0.383 e. The maximum absolute atomic E-state index is 5.09. The maximum atomic E-state index is 5.09. The van der Waals surface area contributed by atoms with E-state index in [0.29, 0.717) is 12.1 Å². The van der Waals surface area contributed by atoms with Gasteiger partial charge in [0.25, 0.3) is 0 Å². The Bertz CT molecular complexity index is 108. The van der Waals surface area contributed by atoms with E-state index in [0.717, 1.165) is 6.61 Å². The van der Waals surface area contributed by atoms with Crippen molar-refractivity contribution < 1.29 is 4.74 Å². The van der Waals surface area contributed by atoms with Crippen LogP contribution < -0.4 is 0 Å². The number of hydrogen-bond donors (Lipinski definition) is 0. The van der Waals surface area contributed by atoms with Gasteiger partial charge in [0, 0.05) is 19.2 Å². The molecule has 1 fully saturated rings. The van der Waals surface area contributed by atoms with Gasteiger partial charge in [-0.3, -0.25) is 4.67 Å². The normalized spacial score (nSPS) is 35.1. The fourth-order valence-electron chi connectivity index (χ4n) is 1.45. The van der Waals surface area contributed by atoms with Crippen LogP contribution in [0.5, 0.6) is 0 Å². The lowest BCUT2D eigenvalue weighted by Crippen LogP contribution is -2.28. The summed E-state index contributed by atoms with van der Waals surface area (Å²) >= 11 is 0. The predicted molar refractivity (Wildman–Crippen MR) is 45.9 cm³/mol. The molecule has 3 atom stereocenters. The van der Waals surface area contributed by atoms with E-state index in [1.165, 1.54) is 12.8 Å². The van der Waals surface area contributed by atoms with Gasteiger partial charge in [0.15, 0.2) is 0 Å². The van der Waals surface area contributed by atoms with Crippen molar-refractivity contribution >= 4 is 9.39 Å². The summed E-state index contributed by atoms with van der Waals surface area (Å²) in [6.07, 6.45) is 2.58. The number of methoxy groups -OCH3 is 1. The van der Waals surface area contributed by atoms with E-state index in [9.17, 15) is 0 Å². The Balaban J connectivity index is 2.33. The van der Waals surface area contributed by atoms with Crippen LogP contribution >= 0.6 is 9.39 Å². The number of nitrogens with zero attached hydrogens (tertiary/aromatic N) is 1. The van der Waals surface area contributed by atoms with Gasteiger partial charge in [-0.05, 0) is 19.8 Å². The number of hydrogen-bond acceptors (Lipinski definition) is 2. The molecule has 1 rings (SSSR count). The second-order valence-electron chi connectivity index (χ2n) is 2.98. The summed E-state index contributed by atoms with van der Waals surface area (Å²) in [6.45, 7) is 3.12. The van der Waals surface area contributed by atoms with Crippen LogP contribution in [0, 0.1) is 0 Å². The molecule has 1 aliphatic rings. The lowest BCUT2D eigenvalue weighted by Gasteiger charge is -2.21. The third-order valence-corrected chi connectivity index (χ3v) is 3.14. The van der Waals surface area contributed by atoms with Gasteiger partial charge in [0.2, 0.25) is 0 Å². The first-order valence-corrected chi connectivity index (χ1v) is 4.29. The zero-order chi connectivity index (χ0) is 7.56. The molecule has 0 saturated carbocycles. The van der Waals surface area contributed by atoms with Crippen LogP contribution in [-0.4, -0.2) is 30.5 Å². The highest BCUT2D eigenvalue weighted by molar-refractivity contribution is 7.13. The summed E-state index contributed by atoms with van der Waals surface area (Å²) in [4.78, 5) is 0. The molecule has 0 radical (unpaired) electrons. The van der Waals surface area contributed by atoms with Crippen molar-refractivity contribution in [1.82, 2.24) is 4.67 Å². The van der Waals surface area contributed by atoms with Crippen molar-refractivity contribution in [1.29, 1.82) is 0 Å². The zero-order valence-electron chi connectivity index (χ0n) is 6.71. The second-order valence-corrected chi connectivity index (χ2v) is 3.58. The van der Waals surface area contributed by atoms with Gasteiger partial charge in [0.05, 0.1) is 6.61 Å². The molecule has 0 spiro atoms. The second kappa shape index (κ2) is 3.66. The van der Waals surface area contributed by atoms with E-state index >= 15 is 0 Å². The van der Waals surface area contributed by atoms with Gasteiger partial charge < -0.3 is 4.74 Å². The molecule has 1 aliphatic heterocycles. The molecule has 60 valence electrons. The zero-order valence-corrected chi connectivity index (χ0v) is 7.86. The minimum atomic E-state index is 0.630. The van der Waals surface area contributed by atoms with Crippen molar-refractivity contribution in [3.63, 3.8) is 0 Å². The Morgan fingerprint density at radius 1 is 1.60 bits per heavy atom. The van der Waals surface area contributed by atoms with E-state index in [2.05, 4.69) is 21.0 Å². The maximum Gasteiger partial charge on any atom is 0.0621 e. The van der Waals surface area contributed by atoms with Crippen molar-refractivity contribution in [2.24, 2.45) is 0 Å². The predicted octanol–water partition coefficient (Wildman–Crippen LogP) is 1.28. The summed E-state index contributed by atoms with van der Waals surface area (Å²) in [5.41, 5.74) is 0. The minimum absolute atomic E-state index is 0.630. The van der Waals surface area contributed by atoms with Crippen LogP contribution in [0.25, 0.3) is 0 Å². The highest BCUT2D eigenvalue weighted by atomic mass is 31.0. The average Bonchev–Trinajstić information content (AvgIpc) is 2.20. The fraction of sp³-hybridized carbons (Fsp3) is 1.00. The van der Waals surface area contributed by atoms with Crippen LogP contribution in [0.3, 0.4) is 0 Å². The van der Waals surface area contributed by atoms with E-state index in [1.807, 2.05) is 0 Å². The summed E-state index contributed by atoms with van der Waals surface area (Å²) < 4.78 is 7.41. The molecule has 3 unspecified atom stereocenters. The Kier molecular flexibility index (Phi) is 3.09. The molecule has 2 nitrogen and oxygen atoms in total. The van der Waals surface area contributed by atoms with Crippen molar-refractivity contribution in [2.75, 3.05) is 13.7 Å². The van der Waals surface area contributed by atoms with Crippen molar-refractivity contribution in [3.8, 4) is 0 Å². The van der Waals surface area contributed by atoms with Gasteiger partial charge in [-0.15, -0.1) is 0 Å². The summed E-state index contributed by atoms with van der Waals surface area (Å²) in [5.74, 6) is 0. The molecule has 0 N–H and O–H groups in total. The molecular formula is C7H16NOP. The van der Waals surface area contributed by atoms with Crippen LogP contribution in [0.1, 0.15) is 19.8 Å². The summed E-state index contributed by atoms with van der Waals surface area (Å²) in [5, 5.41) is 0. The minimum Gasteiger partial charge on any atom is -0.383 e. The van der Waals surface area contributed by atoms with Gasteiger partial charge >= 0.3 is 0 Å². The quantitative estimate of drug-likeness (QED) is 0.565. The van der Waals surface area contributed by atoms with Crippen LogP contribution in [0.2, 0.25) is 0 Å². The van der Waals surface area contributed by atoms with E-state index in [-0.39, 0.29) is 0 Å². The van der Waals surface area contributed by atoms with Gasteiger partial charge in [-0.1, -0.05) is 9.39 Å². The number of ether oxygens (including phenoxy) is 1. The van der Waals surface area contributed by atoms with Gasteiger partial charge in [0.1, 0.15) is 0 Å². The molecule has 0 aromatic rings. The van der Waals surface area contributed by atoms with Crippen LogP contribution in [0.15, 0.2) is 0 Å². The monoisotopic (exact) mass is 161 g/mol. The summed E-state index contributed by atoms with van der Waals surface area (Å²) in [6, 6.07) is 1.34. The first-order valence-electron chi connectivity index (χ1n) is 3.77. The molecule has 0 amide bonds. The average molecular weight is 161 g/mol. The Morgan fingerprint density at radius 3 is 2.70 bits per heavy atom. The highest BCUT2D eigenvalue weighted by Gasteiger charge is 2.26. The van der Waals surface area contributed by atoms with Crippen LogP contribution in [-0.2, 0) is 4.74 Å². The Hall–Kier alpha value is 0.350. The molecule has 0 aliphatic carbocycles. The standard InChI is InChI=1S/C7H16NOP/c1-6-3-4-7(5-9-2)8(6)10/h6-7H,3-5,10H2,1-2H3. The van der Waals surface area contributed by atoms with Crippen LogP contribution in [0.4, 0.5) is 0 Å². The van der Waals surface area contributed by atoms with Gasteiger partial charge in [-0.25, -0.2) is 0 Å². The molecule has 1 saturated heterocycles. The highest BCUT2D eigenvalue weighted by Crippen LogP contribution is 2.26. The van der Waals surface area contributed by atoms with E-state index < -0.39 is 0 Å². The fourth-order valence-corrected chi connectivity index (χ4v) is 1.84. The first-order chi connectivity index (χ1) is 4.75. The Labute approximate surface area is 65.2 Å². The molecule has 3 heteroatoms. The lowest BCUT2D eigenvalue weighted by atomic mass is 10.2. The molecule has 0 aromatic carbocycles. The Morgan fingerprint density at radius 2 is 2.30 bits per heavy atom. The topological polar surface area (TPSA) is 12.5 Å².